The highest BCUT2D eigenvalue weighted by atomic mass is 14.9. The lowest BCUT2D eigenvalue weighted by molar-refractivity contribution is 0.483. The van der Waals surface area contributed by atoms with Crippen LogP contribution in [0.1, 0.15) is 19.3 Å². The van der Waals surface area contributed by atoms with E-state index < -0.39 is 0 Å². The van der Waals surface area contributed by atoms with Crippen LogP contribution in [-0.4, -0.2) is 19.6 Å². The van der Waals surface area contributed by atoms with Crippen molar-refractivity contribution in [2.45, 2.75) is 19.3 Å². The number of hydrogen-bond donors (Lipinski definition) is 2. The molecule has 0 aromatic rings. The maximum atomic E-state index is 5.54. The average Bonchev–Trinajstić information content (AvgIpc) is 2.13. The summed E-state index contributed by atoms with van der Waals surface area (Å²) in [6.07, 6.45) is 3.90. The molecular weight excluding hydrogens is 112 g/mol. The molecule has 0 aromatic heterocycles. The third kappa shape index (κ3) is 2.33. The summed E-state index contributed by atoms with van der Waals surface area (Å²) in [5.41, 5.74) is 5.54. The van der Waals surface area contributed by atoms with E-state index in [9.17, 15) is 0 Å². The van der Waals surface area contributed by atoms with Crippen molar-refractivity contribution < 1.29 is 0 Å². The van der Waals surface area contributed by atoms with Gasteiger partial charge < -0.3 is 11.1 Å². The molecule has 0 amide bonds. The zero-order valence-corrected chi connectivity index (χ0v) is 5.90. The van der Waals surface area contributed by atoms with E-state index in [0.29, 0.717) is 0 Å². The molecule has 0 aliphatic carbocycles. The fourth-order valence-electron chi connectivity index (χ4n) is 1.33. The first-order chi connectivity index (χ1) is 4.43. The Bertz CT molecular complexity index is 65.3. The summed E-state index contributed by atoms with van der Waals surface area (Å²) >= 11 is 0. The smallest absolute Gasteiger partial charge is 0.00458 e. The highest BCUT2D eigenvalue weighted by Gasteiger charge is 2.08. The second kappa shape index (κ2) is 3.85. The predicted octanol–water partition coefficient (Wildman–Crippen LogP) is 0.335. The van der Waals surface area contributed by atoms with Crippen LogP contribution in [0.4, 0.5) is 0 Å². The second-order valence-corrected chi connectivity index (χ2v) is 2.78. The van der Waals surface area contributed by atoms with Crippen LogP contribution in [0, 0.1) is 5.92 Å². The number of nitrogens with one attached hydrogen (secondary N) is 1. The molecule has 1 rings (SSSR count). The monoisotopic (exact) mass is 128 g/mol. The van der Waals surface area contributed by atoms with Gasteiger partial charge in [-0.2, -0.15) is 0 Å². The van der Waals surface area contributed by atoms with Gasteiger partial charge in [0.1, 0.15) is 0 Å². The van der Waals surface area contributed by atoms with E-state index in [1.807, 2.05) is 0 Å². The fourth-order valence-corrected chi connectivity index (χ4v) is 1.33. The van der Waals surface area contributed by atoms with Crippen LogP contribution in [0.5, 0.6) is 0 Å². The van der Waals surface area contributed by atoms with Gasteiger partial charge in [0.05, 0.1) is 0 Å². The molecule has 1 heterocycles. The summed E-state index contributed by atoms with van der Waals surface area (Å²) in [6, 6.07) is 0. The van der Waals surface area contributed by atoms with Crippen molar-refractivity contribution in [3.8, 4) is 0 Å². The van der Waals surface area contributed by atoms with Gasteiger partial charge in [-0.25, -0.2) is 0 Å². The molecule has 1 atom stereocenters. The standard InChI is InChI=1S/C7H16N2/c8-6-7-2-1-4-9-5-3-7/h7,9H,1-6,8H2/t7-/m1/s1. The first kappa shape index (κ1) is 7.03. The van der Waals surface area contributed by atoms with Gasteiger partial charge in [-0.3, -0.25) is 0 Å². The molecule has 0 spiro atoms. The Kier molecular flexibility index (Phi) is 3.01. The Balaban J connectivity index is 2.18. The number of hydrogen-bond acceptors (Lipinski definition) is 2. The molecule has 9 heavy (non-hydrogen) atoms. The van der Waals surface area contributed by atoms with E-state index in [1.54, 1.807) is 0 Å². The zero-order valence-electron chi connectivity index (χ0n) is 5.90. The van der Waals surface area contributed by atoms with Crippen LogP contribution in [0.15, 0.2) is 0 Å². The molecule has 1 saturated heterocycles. The topological polar surface area (TPSA) is 38.0 Å². The molecule has 2 nitrogen and oxygen atoms in total. The third-order valence-electron chi connectivity index (χ3n) is 2.03. The van der Waals surface area contributed by atoms with Crippen molar-refractivity contribution >= 4 is 0 Å². The first-order valence-electron chi connectivity index (χ1n) is 3.84. The quantitative estimate of drug-likeness (QED) is 0.534. The van der Waals surface area contributed by atoms with E-state index in [1.165, 1.54) is 32.4 Å². The lowest BCUT2D eigenvalue weighted by Crippen LogP contribution is -2.17. The van der Waals surface area contributed by atoms with Crippen molar-refractivity contribution in [3.63, 3.8) is 0 Å². The van der Waals surface area contributed by atoms with Crippen molar-refractivity contribution in [1.82, 2.24) is 5.32 Å². The van der Waals surface area contributed by atoms with Crippen LogP contribution in [-0.2, 0) is 0 Å². The maximum Gasteiger partial charge on any atom is -0.00458 e. The summed E-state index contributed by atoms with van der Waals surface area (Å²) in [5.74, 6) is 0.792. The molecule has 3 N–H and O–H groups in total. The van der Waals surface area contributed by atoms with E-state index >= 15 is 0 Å². The van der Waals surface area contributed by atoms with E-state index in [4.69, 9.17) is 5.73 Å². The molecule has 1 fully saturated rings. The van der Waals surface area contributed by atoms with Gasteiger partial charge in [0.15, 0.2) is 0 Å². The van der Waals surface area contributed by atoms with Crippen molar-refractivity contribution in [1.29, 1.82) is 0 Å². The van der Waals surface area contributed by atoms with E-state index in [-0.39, 0.29) is 0 Å². The van der Waals surface area contributed by atoms with Crippen molar-refractivity contribution in [2.75, 3.05) is 19.6 Å². The minimum absolute atomic E-state index is 0.792. The van der Waals surface area contributed by atoms with Gasteiger partial charge in [-0.15, -0.1) is 0 Å². The second-order valence-electron chi connectivity index (χ2n) is 2.78. The molecule has 0 saturated carbocycles. The summed E-state index contributed by atoms with van der Waals surface area (Å²) in [5, 5.41) is 3.36. The molecule has 1 aliphatic rings. The summed E-state index contributed by atoms with van der Waals surface area (Å²) in [7, 11) is 0. The van der Waals surface area contributed by atoms with Crippen LogP contribution in [0.2, 0.25) is 0 Å². The van der Waals surface area contributed by atoms with E-state index in [2.05, 4.69) is 5.32 Å². The fraction of sp³-hybridized carbons (Fsp3) is 1.00. The van der Waals surface area contributed by atoms with Gasteiger partial charge in [-0.1, -0.05) is 0 Å². The Morgan fingerprint density at radius 3 is 3.00 bits per heavy atom. The molecule has 2 heteroatoms. The predicted molar refractivity (Wildman–Crippen MR) is 39.3 cm³/mol. The zero-order chi connectivity index (χ0) is 6.53. The van der Waals surface area contributed by atoms with Gasteiger partial charge in [0.25, 0.3) is 0 Å². The Morgan fingerprint density at radius 2 is 2.22 bits per heavy atom. The molecule has 0 radical (unpaired) electrons. The number of nitrogens with two attached hydrogens (primary N) is 1. The van der Waals surface area contributed by atoms with Gasteiger partial charge in [-0.05, 0) is 44.8 Å². The van der Waals surface area contributed by atoms with Crippen LogP contribution >= 0.6 is 0 Å². The van der Waals surface area contributed by atoms with Crippen LogP contribution in [0.3, 0.4) is 0 Å². The largest absolute Gasteiger partial charge is 0.330 e. The SMILES string of the molecule is NC[C@@H]1CCCNCC1. The molecule has 1 aliphatic heterocycles. The minimum Gasteiger partial charge on any atom is -0.330 e. The summed E-state index contributed by atoms with van der Waals surface area (Å²) < 4.78 is 0. The van der Waals surface area contributed by atoms with Crippen LogP contribution < -0.4 is 11.1 Å². The Hall–Kier alpha value is -0.0800. The van der Waals surface area contributed by atoms with Crippen LogP contribution in [0.25, 0.3) is 0 Å². The minimum atomic E-state index is 0.792. The van der Waals surface area contributed by atoms with Gasteiger partial charge >= 0.3 is 0 Å². The molecular formula is C7H16N2. The third-order valence-corrected chi connectivity index (χ3v) is 2.03. The lowest BCUT2D eigenvalue weighted by atomic mass is 10.0. The van der Waals surface area contributed by atoms with Gasteiger partial charge in [0.2, 0.25) is 0 Å². The molecule has 0 aromatic carbocycles. The summed E-state index contributed by atoms with van der Waals surface area (Å²) in [6.45, 7) is 3.24. The number of rotatable bonds is 1. The molecule has 0 unspecified atom stereocenters. The van der Waals surface area contributed by atoms with Crippen molar-refractivity contribution in [2.24, 2.45) is 11.7 Å². The maximum absolute atomic E-state index is 5.54. The molecule has 54 valence electrons. The van der Waals surface area contributed by atoms with Crippen molar-refractivity contribution in [3.05, 3.63) is 0 Å². The normalized spacial score (nSPS) is 29.7. The lowest BCUT2D eigenvalue weighted by Gasteiger charge is -2.08. The van der Waals surface area contributed by atoms with Gasteiger partial charge in [0, 0.05) is 0 Å². The highest BCUT2D eigenvalue weighted by molar-refractivity contribution is 4.66. The summed E-state index contributed by atoms with van der Waals surface area (Å²) in [4.78, 5) is 0. The molecule has 0 bridgehead atoms. The average molecular weight is 128 g/mol. The van der Waals surface area contributed by atoms with E-state index in [0.717, 1.165) is 12.5 Å². The highest BCUT2D eigenvalue weighted by Crippen LogP contribution is 2.10. The Labute approximate surface area is 56.8 Å². The Morgan fingerprint density at radius 1 is 1.33 bits per heavy atom. The first-order valence-corrected chi connectivity index (χ1v) is 3.84.